The van der Waals surface area contributed by atoms with E-state index in [1.807, 2.05) is 0 Å². The Bertz CT molecular complexity index is 992. The molecule has 1 aliphatic heterocycles. The van der Waals surface area contributed by atoms with Gasteiger partial charge in [-0.2, -0.15) is 5.01 Å². The number of non-ortho nitro benzene ring substituents is 1. The van der Waals surface area contributed by atoms with Crippen molar-refractivity contribution in [1.29, 1.82) is 0 Å². The zero-order valence-electron chi connectivity index (χ0n) is 12.8. The Morgan fingerprint density at radius 2 is 1.33 bits per heavy atom. The van der Waals surface area contributed by atoms with E-state index in [1.54, 1.807) is 0 Å². The summed E-state index contributed by atoms with van der Waals surface area (Å²) in [6.07, 6.45) is 0. The van der Waals surface area contributed by atoms with Gasteiger partial charge in [-0.25, -0.2) is 0 Å². The number of imide groups is 1. The van der Waals surface area contributed by atoms with Crippen molar-refractivity contribution in [3.63, 3.8) is 0 Å². The molecule has 1 N–H and O–H groups in total. The number of hydrazine groups is 1. The fourth-order valence-electron chi connectivity index (χ4n) is 2.35. The van der Waals surface area contributed by atoms with Gasteiger partial charge in [-0.3, -0.25) is 29.9 Å². The Hall–Kier alpha value is -2.39. The number of nitro benzene ring substituents is 1. The Morgan fingerprint density at radius 3 is 1.74 bits per heavy atom. The number of fused-ring (bicyclic) bond motifs is 1. The zero-order chi connectivity index (χ0) is 20.0. The maximum atomic E-state index is 12.5. The van der Waals surface area contributed by atoms with Crippen LogP contribution in [-0.2, 0) is 0 Å². The third-order valence-electron chi connectivity index (χ3n) is 3.65. The van der Waals surface area contributed by atoms with Crippen molar-refractivity contribution in [3.05, 3.63) is 71.2 Å². The molecule has 0 atom stereocenters. The minimum Gasteiger partial charge on any atom is -0.267 e. The number of carbonyl (C=O) groups is 3. The van der Waals surface area contributed by atoms with E-state index in [0.29, 0.717) is 5.01 Å². The van der Waals surface area contributed by atoms with Gasteiger partial charge in [0.2, 0.25) is 0 Å². The number of hydrogen-bond donors (Lipinski definition) is 1. The van der Waals surface area contributed by atoms with Crippen molar-refractivity contribution in [3.8, 4) is 0 Å². The van der Waals surface area contributed by atoms with Gasteiger partial charge in [0.05, 0.1) is 36.1 Å². The minimum absolute atomic E-state index is 0.0228. The molecule has 27 heavy (non-hydrogen) atoms. The molecule has 3 rings (SSSR count). The van der Waals surface area contributed by atoms with Gasteiger partial charge >= 0.3 is 0 Å². The predicted octanol–water partition coefficient (Wildman–Crippen LogP) is 4.15. The van der Waals surface area contributed by atoms with Crippen LogP contribution in [0.25, 0.3) is 0 Å². The van der Waals surface area contributed by atoms with Crippen molar-refractivity contribution in [2.75, 3.05) is 0 Å². The van der Waals surface area contributed by atoms with Gasteiger partial charge in [0.1, 0.15) is 0 Å². The highest BCUT2D eigenvalue weighted by Gasteiger charge is 2.42. The van der Waals surface area contributed by atoms with Crippen LogP contribution in [0.5, 0.6) is 0 Å². The first kappa shape index (κ1) is 19.4. The van der Waals surface area contributed by atoms with Gasteiger partial charge in [-0.05, 0) is 12.1 Å². The monoisotopic (exact) mass is 447 g/mol. The molecule has 0 fully saturated rings. The van der Waals surface area contributed by atoms with Crippen molar-refractivity contribution in [1.82, 2.24) is 10.4 Å². The van der Waals surface area contributed by atoms with E-state index in [0.717, 1.165) is 12.1 Å². The molecule has 0 radical (unpaired) electrons. The fraction of sp³-hybridized carbons (Fsp3) is 0. The number of nitro groups is 1. The van der Waals surface area contributed by atoms with Crippen molar-refractivity contribution in [2.45, 2.75) is 0 Å². The first-order valence-electron chi connectivity index (χ1n) is 6.95. The van der Waals surface area contributed by atoms with Gasteiger partial charge < -0.3 is 0 Å². The average molecular weight is 449 g/mol. The molecule has 2 aromatic carbocycles. The van der Waals surface area contributed by atoms with Crippen LogP contribution in [0.3, 0.4) is 0 Å². The molecule has 1 aliphatic rings. The smallest absolute Gasteiger partial charge is 0.267 e. The zero-order valence-corrected chi connectivity index (χ0v) is 15.8. The van der Waals surface area contributed by atoms with Crippen LogP contribution in [0.15, 0.2) is 24.3 Å². The van der Waals surface area contributed by atoms with E-state index in [4.69, 9.17) is 46.4 Å². The van der Waals surface area contributed by atoms with Crippen LogP contribution < -0.4 is 5.43 Å². The maximum Gasteiger partial charge on any atom is 0.282 e. The average Bonchev–Trinajstić information content (AvgIpc) is 2.89. The topological polar surface area (TPSA) is 110 Å². The summed E-state index contributed by atoms with van der Waals surface area (Å²) in [5, 5.41) is 10.1. The highest BCUT2D eigenvalue weighted by Crippen LogP contribution is 2.44. The van der Waals surface area contributed by atoms with E-state index in [-0.39, 0.29) is 42.5 Å². The molecule has 0 spiro atoms. The number of benzene rings is 2. The molecular weight excluding hydrogens is 444 g/mol. The fourth-order valence-corrected chi connectivity index (χ4v) is 3.37. The molecule has 0 aromatic heterocycles. The third kappa shape index (κ3) is 3.10. The highest BCUT2D eigenvalue weighted by atomic mass is 35.5. The summed E-state index contributed by atoms with van der Waals surface area (Å²) in [5.74, 6) is -2.75. The maximum absolute atomic E-state index is 12.5. The lowest BCUT2D eigenvalue weighted by molar-refractivity contribution is -0.384. The SMILES string of the molecule is O=C(NN1C(=O)c2c(Cl)c(Cl)c(Cl)c(Cl)c2C1=O)c1ccc([N+](=O)[O-])cc1. The van der Waals surface area contributed by atoms with E-state index in [9.17, 15) is 24.5 Å². The molecular formula is C15H5Cl4N3O5. The number of amides is 3. The molecule has 8 nitrogen and oxygen atoms in total. The van der Waals surface area contributed by atoms with Crippen LogP contribution in [0.1, 0.15) is 31.1 Å². The molecule has 3 amide bonds. The first-order valence-corrected chi connectivity index (χ1v) is 8.46. The Labute approximate surface area is 170 Å². The van der Waals surface area contributed by atoms with Crippen molar-refractivity contribution in [2.24, 2.45) is 0 Å². The van der Waals surface area contributed by atoms with Gasteiger partial charge in [0.15, 0.2) is 0 Å². The van der Waals surface area contributed by atoms with Crippen LogP contribution in [0.2, 0.25) is 20.1 Å². The lowest BCUT2D eigenvalue weighted by atomic mass is 10.1. The number of nitrogens with one attached hydrogen (secondary N) is 1. The number of carbonyl (C=O) groups excluding carboxylic acids is 3. The number of rotatable bonds is 3. The molecule has 0 saturated heterocycles. The van der Waals surface area contributed by atoms with Crippen LogP contribution in [0, 0.1) is 10.1 Å². The van der Waals surface area contributed by atoms with E-state index in [2.05, 4.69) is 5.43 Å². The molecule has 0 bridgehead atoms. The second-order valence-electron chi connectivity index (χ2n) is 5.20. The molecule has 2 aromatic rings. The van der Waals surface area contributed by atoms with Crippen LogP contribution >= 0.6 is 46.4 Å². The van der Waals surface area contributed by atoms with Crippen LogP contribution in [0.4, 0.5) is 5.69 Å². The molecule has 1 heterocycles. The summed E-state index contributed by atoms with van der Waals surface area (Å²) in [6.45, 7) is 0. The summed E-state index contributed by atoms with van der Waals surface area (Å²) in [5.41, 5.74) is 1.28. The Morgan fingerprint density at radius 1 is 0.889 bits per heavy atom. The molecule has 0 saturated carbocycles. The predicted molar refractivity (Wildman–Crippen MR) is 97.5 cm³/mol. The summed E-state index contributed by atoms with van der Waals surface area (Å²) in [4.78, 5) is 47.3. The summed E-state index contributed by atoms with van der Waals surface area (Å²) < 4.78 is 0. The van der Waals surface area contributed by atoms with E-state index >= 15 is 0 Å². The van der Waals surface area contributed by atoms with Gasteiger partial charge in [-0.1, -0.05) is 46.4 Å². The molecule has 0 aliphatic carbocycles. The highest BCUT2D eigenvalue weighted by molar-refractivity contribution is 6.55. The molecule has 12 heteroatoms. The third-order valence-corrected chi connectivity index (χ3v) is 5.46. The molecule has 138 valence electrons. The van der Waals surface area contributed by atoms with Crippen LogP contribution in [-0.4, -0.2) is 27.7 Å². The van der Waals surface area contributed by atoms with Crippen molar-refractivity contribution >= 4 is 69.8 Å². The normalized spacial score (nSPS) is 13.0. The summed E-state index contributed by atoms with van der Waals surface area (Å²) >= 11 is 23.8. The van der Waals surface area contributed by atoms with Gasteiger partial charge in [-0.15, -0.1) is 0 Å². The Balaban J connectivity index is 1.93. The first-order chi connectivity index (χ1) is 12.6. The summed E-state index contributed by atoms with van der Waals surface area (Å²) in [7, 11) is 0. The number of nitrogens with zero attached hydrogens (tertiary/aromatic N) is 2. The minimum atomic E-state index is -0.948. The number of hydrogen-bond acceptors (Lipinski definition) is 5. The lowest BCUT2D eigenvalue weighted by Gasteiger charge is -2.15. The second-order valence-corrected chi connectivity index (χ2v) is 6.71. The molecule has 0 unspecified atom stereocenters. The van der Waals surface area contributed by atoms with E-state index in [1.165, 1.54) is 12.1 Å². The van der Waals surface area contributed by atoms with E-state index < -0.39 is 22.6 Å². The van der Waals surface area contributed by atoms with Gasteiger partial charge in [0.25, 0.3) is 23.4 Å². The second kappa shape index (κ2) is 6.97. The lowest BCUT2D eigenvalue weighted by Crippen LogP contribution is -2.45. The standard InChI is InChI=1S/C15H5Cl4N3O5/c16-9-7-8(10(17)12(19)11(9)18)15(25)21(14(7)24)20-13(23)5-1-3-6(4-2-5)22(26)27/h1-4H,(H,20,23). The summed E-state index contributed by atoms with van der Waals surface area (Å²) in [6, 6.07) is 4.54. The largest absolute Gasteiger partial charge is 0.282 e. The van der Waals surface area contributed by atoms with Gasteiger partial charge in [0, 0.05) is 17.7 Å². The Kier molecular flexibility index (Phi) is 5.00. The quantitative estimate of drug-likeness (QED) is 0.249. The number of halogens is 4. The van der Waals surface area contributed by atoms with Crippen molar-refractivity contribution < 1.29 is 19.3 Å².